The summed E-state index contributed by atoms with van der Waals surface area (Å²) in [4.78, 5) is 0. The SMILES string of the molecule is Cc1cc2oc(C#N)c(CC(C)C)c2c(C)c1Cl. The van der Waals surface area contributed by atoms with Crippen molar-refractivity contribution < 1.29 is 4.42 Å². The molecule has 1 aromatic heterocycles. The molecular weight excluding hydrogens is 246 g/mol. The first-order valence-electron chi connectivity index (χ1n) is 6.06. The number of fused-ring (bicyclic) bond motifs is 1. The molecule has 18 heavy (non-hydrogen) atoms. The number of halogens is 1. The first kappa shape index (κ1) is 13.0. The van der Waals surface area contributed by atoms with Crippen LogP contribution in [-0.2, 0) is 6.42 Å². The van der Waals surface area contributed by atoms with Crippen LogP contribution in [0, 0.1) is 31.1 Å². The van der Waals surface area contributed by atoms with Gasteiger partial charge < -0.3 is 4.42 Å². The van der Waals surface area contributed by atoms with Crippen LogP contribution in [0.1, 0.15) is 36.3 Å². The highest BCUT2D eigenvalue weighted by Crippen LogP contribution is 2.35. The summed E-state index contributed by atoms with van der Waals surface area (Å²) in [5.41, 5.74) is 3.74. The number of aryl methyl sites for hydroxylation is 2. The van der Waals surface area contributed by atoms with Crippen LogP contribution >= 0.6 is 11.6 Å². The van der Waals surface area contributed by atoms with E-state index in [4.69, 9.17) is 16.0 Å². The third-order valence-corrected chi connectivity index (χ3v) is 3.73. The van der Waals surface area contributed by atoms with E-state index >= 15 is 0 Å². The molecule has 0 spiro atoms. The summed E-state index contributed by atoms with van der Waals surface area (Å²) in [5.74, 6) is 0.890. The van der Waals surface area contributed by atoms with Gasteiger partial charge in [-0.2, -0.15) is 5.26 Å². The van der Waals surface area contributed by atoms with Crippen LogP contribution < -0.4 is 0 Å². The zero-order valence-corrected chi connectivity index (χ0v) is 11.9. The Labute approximate surface area is 112 Å². The number of benzene rings is 1. The molecule has 1 heterocycles. The number of furan rings is 1. The molecule has 2 rings (SSSR count). The van der Waals surface area contributed by atoms with Gasteiger partial charge in [0.15, 0.2) is 0 Å². The topological polar surface area (TPSA) is 36.9 Å². The van der Waals surface area contributed by atoms with Crippen molar-refractivity contribution in [3.63, 3.8) is 0 Å². The van der Waals surface area contributed by atoms with Crippen molar-refractivity contribution in [3.05, 3.63) is 33.5 Å². The second kappa shape index (κ2) is 4.66. The first-order chi connectivity index (χ1) is 8.45. The molecule has 2 aromatic rings. The Morgan fingerprint density at radius 3 is 2.61 bits per heavy atom. The summed E-state index contributed by atoms with van der Waals surface area (Å²) >= 11 is 6.29. The maximum atomic E-state index is 9.19. The summed E-state index contributed by atoms with van der Waals surface area (Å²) in [5, 5.41) is 11.0. The molecule has 0 saturated carbocycles. The molecule has 0 atom stereocenters. The zero-order chi connectivity index (χ0) is 13.4. The Balaban J connectivity index is 2.82. The molecule has 0 aliphatic carbocycles. The van der Waals surface area contributed by atoms with Crippen molar-refractivity contribution in [3.8, 4) is 6.07 Å². The number of nitriles is 1. The maximum Gasteiger partial charge on any atom is 0.207 e. The second-order valence-electron chi connectivity index (χ2n) is 5.13. The average molecular weight is 262 g/mol. The molecule has 0 aliphatic heterocycles. The van der Waals surface area contributed by atoms with E-state index in [1.54, 1.807) is 0 Å². The van der Waals surface area contributed by atoms with Gasteiger partial charge in [0, 0.05) is 16.0 Å². The monoisotopic (exact) mass is 261 g/mol. The van der Waals surface area contributed by atoms with E-state index < -0.39 is 0 Å². The Kier molecular flexibility index (Phi) is 3.36. The fraction of sp³-hybridized carbons (Fsp3) is 0.400. The summed E-state index contributed by atoms with van der Waals surface area (Å²) in [7, 11) is 0. The lowest BCUT2D eigenvalue weighted by molar-refractivity contribution is 0.579. The van der Waals surface area contributed by atoms with Gasteiger partial charge in [-0.1, -0.05) is 25.4 Å². The summed E-state index contributed by atoms with van der Waals surface area (Å²) < 4.78 is 5.65. The van der Waals surface area contributed by atoms with Gasteiger partial charge in [0.1, 0.15) is 11.7 Å². The van der Waals surface area contributed by atoms with Crippen LogP contribution in [0.2, 0.25) is 5.02 Å². The van der Waals surface area contributed by atoms with Gasteiger partial charge in [0.2, 0.25) is 5.76 Å². The van der Waals surface area contributed by atoms with Crippen LogP contribution in [0.3, 0.4) is 0 Å². The molecule has 0 amide bonds. The summed E-state index contributed by atoms with van der Waals surface area (Å²) in [6, 6.07) is 4.06. The highest BCUT2D eigenvalue weighted by atomic mass is 35.5. The van der Waals surface area contributed by atoms with Crippen LogP contribution in [0.5, 0.6) is 0 Å². The maximum absolute atomic E-state index is 9.19. The Morgan fingerprint density at radius 2 is 2.06 bits per heavy atom. The van der Waals surface area contributed by atoms with Crippen LogP contribution in [-0.4, -0.2) is 0 Å². The molecule has 0 unspecified atom stereocenters. The number of rotatable bonds is 2. The molecule has 0 fully saturated rings. The minimum atomic E-state index is 0.420. The van der Waals surface area contributed by atoms with E-state index in [1.165, 1.54) is 0 Å². The van der Waals surface area contributed by atoms with Gasteiger partial charge in [-0.05, 0) is 43.4 Å². The van der Waals surface area contributed by atoms with Crippen molar-refractivity contribution in [1.82, 2.24) is 0 Å². The van der Waals surface area contributed by atoms with E-state index in [2.05, 4.69) is 19.9 Å². The number of hydrogen-bond acceptors (Lipinski definition) is 2. The quantitative estimate of drug-likeness (QED) is 0.781. The van der Waals surface area contributed by atoms with Crippen molar-refractivity contribution >= 4 is 22.6 Å². The van der Waals surface area contributed by atoms with Crippen molar-refractivity contribution in [2.45, 2.75) is 34.1 Å². The van der Waals surface area contributed by atoms with Crippen molar-refractivity contribution in [2.75, 3.05) is 0 Å². The molecule has 1 aromatic carbocycles. The van der Waals surface area contributed by atoms with E-state index in [-0.39, 0.29) is 0 Å². The Hall–Kier alpha value is -1.46. The molecule has 0 radical (unpaired) electrons. The Morgan fingerprint density at radius 1 is 1.39 bits per heavy atom. The second-order valence-corrected chi connectivity index (χ2v) is 5.50. The minimum Gasteiger partial charge on any atom is -0.445 e. The van der Waals surface area contributed by atoms with Crippen LogP contribution in [0.4, 0.5) is 0 Å². The van der Waals surface area contributed by atoms with Gasteiger partial charge in [-0.15, -0.1) is 0 Å². The molecular formula is C15H16ClNO. The number of nitrogens with zero attached hydrogens (tertiary/aromatic N) is 1. The van der Waals surface area contributed by atoms with E-state index in [9.17, 15) is 5.26 Å². The van der Waals surface area contributed by atoms with E-state index in [0.717, 1.165) is 39.1 Å². The first-order valence-corrected chi connectivity index (χ1v) is 6.44. The highest BCUT2D eigenvalue weighted by Gasteiger charge is 2.19. The van der Waals surface area contributed by atoms with Gasteiger partial charge in [-0.25, -0.2) is 0 Å². The summed E-state index contributed by atoms with van der Waals surface area (Å²) in [6.45, 7) is 8.19. The normalized spacial score (nSPS) is 11.2. The van der Waals surface area contributed by atoms with Gasteiger partial charge >= 0.3 is 0 Å². The molecule has 0 N–H and O–H groups in total. The lowest BCUT2D eigenvalue weighted by Gasteiger charge is -2.07. The third-order valence-electron chi connectivity index (χ3n) is 3.15. The highest BCUT2D eigenvalue weighted by molar-refractivity contribution is 6.33. The smallest absolute Gasteiger partial charge is 0.207 e. The lowest BCUT2D eigenvalue weighted by atomic mass is 9.96. The molecule has 94 valence electrons. The fourth-order valence-electron chi connectivity index (χ4n) is 2.36. The van der Waals surface area contributed by atoms with Gasteiger partial charge in [-0.3, -0.25) is 0 Å². The predicted molar refractivity (Wildman–Crippen MR) is 74.0 cm³/mol. The van der Waals surface area contributed by atoms with E-state index in [1.807, 2.05) is 19.9 Å². The summed E-state index contributed by atoms with van der Waals surface area (Å²) in [6.07, 6.45) is 0.829. The lowest BCUT2D eigenvalue weighted by Crippen LogP contribution is -1.96. The van der Waals surface area contributed by atoms with Crippen LogP contribution in [0.25, 0.3) is 11.0 Å². The Bertz CT molecular complexity index is 647. The van der Waals surface area contributed by atoms with Crippen LogP contribution in [0.15, 0.2) is 10.5 Å². The molecule has 2 nitrogen and oxygen atoms in total. The predicted octanol–water partition coefficient (Wildman–Crippen LogP) is 4.77. The van der Waals surface area contributed by atoms with Crippen molar-refractivity contribution in [1.29, 1.82) is 5.26 Å². The average Bonchev–Trinajstić information content (AvgIpc) is 2.63. The van der Waals surface area contributed by atoms with Crippen molar-refractivity contribution in [2.24, 2.45) is 5.92 Å². The van der Waals surface area contributed by atoms with Gasteiger partial charge in [0.25, 0.3) is 0 Å². The standard InChI is InChI=1S/C15H16ClNO/c1-8(2)5-11-13(7-17)18-12-6-9(3)15(16)10(4)14(11)12/h6,8H,5H2,1-4H3. The van der Waals surface area contributed by atoms with E-state index in [0.29, 0.717) is 11.7 Å². The third kappa shape index (κ3) is 2.00. The van der Waals surface area contributed by atoms with Gasteiger partial charge in [0.05, 0.1) is 0 Å². The molecule has 0 aliphatic rings. The molecule has 0 saturated heterocycles. The fourth-order valence-corrected chi connectivity index (χ4v) is 2.51. The minimum absolute atomic E-state index is 0.420. The zero-order valence-electron chi connectivity index (χ0n) is 11.1. The number of hydrogen-bond donors (Lipinski definition) is 0. The molecule has 3 heteroatoms. The molecule has 0 bridgehead atoms. The largest absolute Gasteiger partial charge is 0.445 e.